The largest absolute Gasteiger partial charge is 0.480 e. The van der Waals surface area contributed by atoms with Gasteiger partial charge < -0.3 is 9.30 Å². The number of aromatic nitrogens is 7. The molecule has 10 nitrogen and oxygen atoms in total. The molecule has 1 unspecified atom stereocenters. The third-order valence-corrected chi connectivity index (χ3v) is 7.90. The van der Waals surface area contributed by atoms with Crippen molar-refractivity contribution in [2.45, 2.75) is 69.8 Å². The molecule has 1 atom stereocenters. The van der Waals surface area contributed by atoms with Gasteiger partial charge in [-0.15, -0.1) is 5.10 Å². The first-order valence-electron chi connectivity index (χ1n) is 13.7. The number of halogens is 3. The number of fused-ring (bicyclic) bond motifs is 1. The van der Waals surface area contributed by atoms with Crippen molar-refractivity contribution in [1.82, 2.24) is 34.3 Å². The smallest absolute Gasteiger partial charge is 0.434 e. The molecule has 13 heteroatoms. The zero-order valence-electron chi connectivity index (χ0n) is 22.5. The van der Waals surface area contributed by atoms with Gasteiger partial charge in [0.25, 0.3) is 0 Å². The van der Waals surface area contributed by atoms with Crippen LogP contribution in [0, 0.1) is 0 Å². The van der Waals surface area contributed by atoms with Crippen molar-refractivity contribution in [3.05, 3.63) is 53.7 Å². The van der Waals surface area contributed by atoms with Gasteiger partial charge in [-0.2, -0.15) is 18.2 Å². The van der Waals surface area contributed by atoms with E-state index >= 15 is 0 Å². The second-order valence-electron chi connectivity index (χ2n) is 10.8. The zero-order chi connectivity index (χ0) is 28.5. The molecule has 1 aliphatic heterocycles. The van der Waals surface area contributed by atoms with E-state index < -0.39 is 17.9 Å². The summed E-state index contributed by atoms with van der Waals surface area (Å²) in [4.78, 5) is 32.3. The molecule has 0 radical (unpaired) electrons. The number of imidazole rings is 1. The molecule has 1 amide bonds. The van der Waals surface area contributed by atoms with Crippen molar-refractivity contribution < 1.29 is 22.7 Å². The number of hydrogen-bond donors (Lipinski definition) is 0. The number of amides is 1. The van der Waals surface area contributed by atoms with E-state index in [1.807, 2.05) is 19.1 Å². The van der Waals surface area contributed by atoms with Crippen LogP contribution in [0.3, 0.4) is 0 Å². The fourth-order valence-corrected chi connectivity index (χ4v) is 5.44. The Morgan fingerprint density at radius 3 is 2.46 bits per heavy atom. The number of aryl methyl sites for hydroxylation is 1. The van der Waals surface area contributed by atoms with Crippen LogP contribution in [0.4, 0.5) is 19.1 Å². The summed E-state index contributed by atoms with van der Waals surface area (Å²) in [6.07, 6.45) is 2.04. The first kappa shape index (κ1) is 25.7. The minimum atomic E-state index is -4.51. The number of hydrogen-bond acceptors (Lipinski definition) is 7. The van der Waals surface area contributed by atoms with Crippen LogP contribution < -0.4 is 9.64 Å². The molecular formula is C28H27F3N8O2. The number of benzene rings is 1. The minimum Gasteiger partial charge on any atom is -0.480 e. The van der Waals surface area contributed by atoms with Crippen LogP contribution in [0.15, 0.2) is 36.8 Å². The summed E-state index contributed by atoms with van der Waals surface area (Å²) >= 11 is 0. The number of alkyl halides is 3. The minimum absolute atomic E-state index is 0.0350. The van der Waals surface area contributed by atoms with Gasteiger partial charge in [0.2, 0.25) is 17.7 Å². The Morgan fingerprint density at radius 1 is 1.05 bits per heavy atom. The van der Waals surface area contributed by atoms with Crippen LogP contribution in [0.25, 0.3) is 22.8 Å². The molecule has 2 fully saturated rings. The summed E-state index contributed by atoms with van der Waals surface area (Å²) in [5, 5.41) is 4.72. The highest BCUT2D eigenvalue weighted by atomic mass is 19.4. The lowest BCUT2D eigenvalue weighted by molar-refractivity contribution is -0.140. The molecule has 7 rings (SSSR count). The molecule has 0 N–H and O–H groups in total. The highest BCUT2D eigenvalue weighted by Crippen LogP contribution is 2.46. The second kappa shape index (κ2) is 9.38. The van der Waals surface area contributed by atoms with Gasteiger partial charge >= 0.3 is 6.18 Å². The van der Waals surface area contributed by atoms with Crippen LogP contribution in [0.1, 0.15) is 74.0 Å². The SMILES string of the molecule is COc1ncnc(C2CC2)c1-c1nc2n(n1)CCC(=O)N2C(C)c1ccc(-c2nc(C(F)(F)F)cn2C2CC2)cc1. The van der Waals surface area contributed by atoms with E-state index in [1.165, 1.54) is 6.33 Å². The molecule has 2 saturated carbocycles. The summed E-state index contributed by atoms with van der Waals surface area (Å²) in [7, 11) is 1.54. The number of methoxy groups -OCH3 is 1. The van der Waals surface area contributed by atoms with Gasteiger partial charge in [0.1, 0.15) is 17.7 Å². The first-order chi connectivity index (χ1) is 19.7. The van der Waals surface area contributed by atoms with E-state index in [-0.39, 0.29) is 18.4 Å². The lowest BCUT2D eigenvalue weighted by Crippen LogP contribution is -2.39. The fourth-order valence-electron chi connectivity index (χ4n) is 5.44. The Labute approximate surface area is 233 Å². The lowest BCUT2D eigenvalue weighted by Gasteiger charge is -2.31. The van der Waals surface area contributed by atoms with Crippen molar-refractivity contribution >= 4 is 11.9 Å². The van der Waals surface area contributed by atoms with Gasteiger partial charge in [-0.05, 0) is 38.2 Å². The normalized spacial score (nSPS) is 18.0. The summed E-state index contributed by atoms with van der Waals surface area (Å²) < 4.78 is 49.0. The van der Waals surface area contributed by atoms with Gasteiger partial charge in [-0.3, -0.25) is 9.69 Å². The van der Waals surface area contributed by atoms with Crippen LogP contribution in [0.2, 0.25) is 0 Å². The Balaban J connectivity index is 1.21. The number of ether oxygens (including phenoxy) is 1. The van der Waals surface area contributed by atoms with Gasteiger partial charge in [-0.1, -0.05) is 24.3 Å². The third kappa shape index (κ3) is 4.52. The monoisotopic (exact) mass is 564 g/mol. The maximum Gasteiger partial charge on any atom is 0.434 e. The van der Waals surface area contributed by atoms with Gasteiger partial charge in [0.15, 0.2) is 11.5 Å². The molecule has 3 aromatic heterocycles. The highest BCUT2D eigenvalue weighted by molar-refractivity contribution is 5.94. The average Bonchev–Trinajstić information content (AvgIpc) is 3.90. The van der Waals surface area contributed by atoms with E-state index in [0.717, 1.165) is 43.1 Å². The predicted octanol–water partition coefficient (Wildman–Crippen LogP) is 5.34. The summed E-state index contributed by atoms with van der Waals surface area (Å²) in [5.41, 5.74) is 1.99. The van der Waals surface area contributed by atoms with E-state index in [9.17, 15) is 18.0 Å². The molecule has 0 bridgehead atoms. The van der Waals surface area contributed by atoms with Crippen LogP contribution in [-0.2, 0) is 17.5 Å². The molecular weight excluding hydrogens is 537 g/mol. The standard InChI is InChI=1S/C28H27F3N8O2/c1-15(16-3-7-18(8-4-16)25-34-20(28(29,30)31)13-37(25)19-9-10-19)39-21(40)11-12-38-27(39)35-24(36-38)22-23(17-5-6-17)32-14-33-26(22)41-2/h3-4,7-8,13-15,17,19H,5-6,9-12H2,1-2H3. The maximum atomic E-state index is 13.4. The van der Waals surface area contributed by atoms with Gasteiger partial charge in [-0.25, -0.2) is 19.6 Å². The molecule has 0 saturated heterocycles. The number of carbonyl (C=O) groups excluding carboxylic acids is 1. The van der Waals surface area contributed by atoms with Crippen molar-refractivity contribution in [2.24, 2.45) is 0 Å². The first-order valence-corrected chi connectivity index (χ1v) is 13.7. The molecule has 4 aromatic rings. The number of anilines is 1. The van der Waals surface area contributed by atoms with Gasteiger partial charge in [0.05, 0.1) is 25.4 Å². The molecule has 4 heterocycles. The zero-order valence-corrected chi connectivity index (χ0v) is 22.5. The summed E-state index contributed by atoms with van der Waals surface area (Å²) in [5.74, 6) is 1.73. The van der Waals surface area contributed by atoms with Crippen molar-refractivity contribution in [3.63, 3.8) is 0 Å². The quantitative estimate of drug-likeness (QED) is 0.299. The number of nitrogens with zero attached hydrogens (tertiary/aromatic N) is 8. The highest BCUT2D eigenvalue weighted by Gasteiger charge is 2.38. The Bertz CT molecular complexity index is 1640. The summed E-state index contributed by atoms with van der Waals surface area (Å²) in [6.45, 7) is 2.29. The van der Waals surface area contributed by atoms with E-state index in [1.54, 1.807) is 33.4 Å². The van der Waals surface area contributed by atoms with Crippen molar-refractivity contribution in [1.29, 1.82) is 0 Å². The van der Waals surface area contributed by atoms with Crippen LogP contribution >= 0.6 is 0 Å². The fraction of sp³-hybridized carbons (Fsp3) is 0.429. The maximum absolute atomic E-state index is 13.4. The summed E-state index contributed by atoms with van der Waals surface area (Å²) in [6, 6.07) is 6.79. The number of rotatable bonds is 7. The van der Waals surface area contributed by atoms with Crippen LogP contribution in [0.5, 0.6) is 5.88 Å². The molecule has 3 aliphatic rings. The third-order valence-electron chi connectivity index (χ3n) is 7.90. The Morgan fingerprint density at radius 2 is 1.80 bits per heavy atom. The van der Waals surface area contributed by atoms with Crippen molar-refractivity contribution in [3.8, 4) is 28.7 Å². The molecule has 0 spiro atoms. The molecule has 212 valence electrons. The topological polar surface area (TPSA) is 104 Å². The molecule has 2 aliphatic carbocycles. The number of carbonyl (C=O) groups is 1. The van der Waals surface area contributed by atoms with E-state index in [4.69, 9.17) is 14.8 Å². The second-order valence-corrected chi connectivity index (χ2v) is 10.8. The molecule has 41 heavy (non-hydrogen) atoms. The van der Waals surface area contributed by atoms with E-state index in [0.29, 0.717) is 47.1 Å². The Kier molecular flexibility index (Phi) is 5.87. The predicted molar refractivity (Wildman–Crippen MR) is 141 cm³/mol. The average molecular weight is 565 g/mol. The van der Waals surface area contributed by atoms with Crippen LogP contribution in [-0.4, -0.2) is 47.3 Å². The lowest BCUT2D eigenvalue weighted by atomic mass is 10.0. The van der Waals surface area contributed by atoms with E-state index in [2.05, 4.69) is 15.0 Å². The molecule has 1 aromatic carbocycles. The van der Waals surface area contributed by atoms with Crippen molar-refractivity contribution in [2.75, 3.05) is 12.0 Å². The van der Waals surface area contributed by atoms with Gasteiger partial charge in [0, 0.05) is 30.1 Å². The Hall–Kier alpha value is -4.29.